The van der Waals surface area contributed by atoms with E-state index in [1.165, 1.54) is 0 Å². The van der Waals surface area contributed by atoms with E-state index in [-0.39, 0.29) is 22.9 Å². The van der Waals surface area contributed by atoms with Crippen molar-refractivity contribution in [3.8, 4) is 0 Å². The molecular weight excluding hydrogens is 228 g/mol. The Morgan fingerprint density at radius 3 is 2.62 bits per heavy atom. The van der Waals surface area contributed by atoms with Crippen molar-refractivity contribution in [2.75, 3.05) is 12.4 Å². The Labute approximate surface area is 97.3 Å². The van der Waals surface area contributed by atoms with Gasteiger partial charge in [-0.25, -0.2) is 8.42 Å². The van der Waals surface area contributed by atoms with Crippen LogP contribution >= 0.6 is 0 Å². The minimum atomic E-state index is -3.09. The van der Waals surface area contributed by atoms with Crippen molar-refractivity contribution in [2.45, 2.75) is 50.9 Å². The first-order chi connectivity index (χ1) is 7.47. The lowest BCUT2D eigenvalue weighted by atomic mass is 10.2. The van der Waals surface area contributed by atoms with E-state index in [4.69, 9.17) is 4.74 Å². The zero-order valence-electron chi connectivity index (χ0n) is 9.94. The molecule has 16 heavy (non-hydrogen) atoms. The van der Waals surface area contributed by atoms with Crippen molar-refractivity contribution < 1.29 is 17.9 Å². The number of sulfone groups is 1. The molecule has 0 aromatic carbocycles. The van der Waals surface area contributed by atoms with Crippen LogP contribution in [0.2, 0.25) is 0 Å². The second-order valence-corrected chi connectivity index (χ2v) is 6.61. The van der Waals surface area contributed by atoms with Crippen molar-refractivity contribution in [2.24, 2.45) is 0 Å². The monoisotopic (exact) mass is 248 g/mol. The molecule has 1 rings (SSSR count). The van der Waals surface area contributed by atoms with Crippen LogP contribution in [0, 0.1) is 0 Å². The van der Waals surface area contributed by atoms with Crippen molar-refractivity contribution in [3.63, 3.8) is 0 Å². The summed E-state index contributed by atoms with van der Waals surface area (Å²) in [5.74, 6) is 0.239. The number of rotatable bonds is 6. The van der Waals surface area contributed by atoms with Crippen LogP contribution in [0.15, 0.2) is 0 Å². The summed E-state index contributed by atoms with van der Waals surface area (Å²) in [6.45, 7) is 4.12. The first kappa shape index (κ1) is 13.6. The van der Waals surface area contributed by atoms with Crippen LogP contribution in [-0.4, -0.2) is 37.9 Å². The lowest BCUT2D eigenvalue weighted by Gasteiger charge is -2.14. The van der Waals surface area contributed by atoms with E-state index in [1.54, 1.807) is 13.8 Å². The molecule has 0 saturated carbocycles. The molecule has 0 aromatic rings. The van der Waals surface area contributed by atoms with E-state index < -0.39 is 9.84 Å². The number of ether oxygens (including phenoxy) is 1. The number of ketones is 1. The highest BCUT2D eigenvalue weighted by Gasteiger charge is 2.35. The maximum atomic E-state index is 11.9. The first-order valence-electron chi connectivity index (χ1n) is 5.82. The number of hydrogen-bond acceptors (Lipinski definition) is 4. The Balaban J connectivity index is 2.43. The highest BCUT2D eigenvalue weighted by molar-refractivity contribution is 7.92. The summed E-state index contributed by atoms with van der Waals surface area (Å²) < 4.78 is 29.1. The fraction of sp³-hybridized carbons (Fsp3) is 0.909. The van der Waals surface area contributed by atoms with Gasteiger partial charge in [0.05, 0.1) is 17.1 Å². The molecule has 5 heteroatoms. The van der Waals surface area contributed by atoms with Crippen molar-refractivity contribution in [3.05, 3.63) is 0 Å². The molecule has 0 N–H and O–H groups in total. The van der Waals surface area contributed by atoms with Crippen LogP contribution in [0.4, 0.5) is 0 Å². The van der Waals surface area contributed by atoms with E-state index >= 15 is 0 Å². The van der Waals surface area contributed by atoms with Crippen molar-refractivity contribution >= 4 is 15.6 Å². The fourth-order valence-corrected chi connectivity index (χ4v) is 3.95. The van der Waals surface area contributed by atoms with Gasteiger partial charge in [-0.15, -0.1) is 0 Å². The zero-order valence-corrected chi connectivity index (χ0v) is 10.8. The van der Waals surface area contributed by atoms with Crippen LogP contribution in [0.1, 0.15) is 39.5 Å². The van der Waals surface area contributed by atoms with Gasteiger partial charge in [-0.05, 0) is 19.8 Å². The minimum Gasteiger partial charge on any atom is -0.377 e. The molecule has 1 heterocycles. The third kappa shape index (κ3) is 3.56. The maximum absolute atomic E-state index is 11.9. The van der Waals surface area contributed by atoms with Gasteiger partial charge in [-0.3, -0.25) is 4.79 Å². The molecule has 0 bridgehead atoms. The normalized spacial score (nSPS) is 25.9. The first-order valence-corrected chi connectivity index (χ1v) is 7.53. The number of carbonyl (C=O) groups is 1. The summed E-state index contributed by atoms with van der Waals surface area (Å²) in [6.07, 6.45) is 1.69. The van der Waals surface area contributed by atoms with Gasteiger partial charge in [0.15, 0.2) is 9.84 Å². The largest absolute Gasteiger partial charge is 0.377 e. The molecule has 4 nitrogen and oxygen atoms in total. The molecule has 0 aromatic heterocycles. The zero-order chi connectivity index (χ0) is 12.2. The van der Waals surface area contributed by atoms with Crippen LogP contribution in [-0.2, 0) is 19.4 Å². The summed E-state index contributed by atoms with van der Waals surface area (Å²) in [7, 11) is -3.09. The summed E-state index contributed by atoms with van der Waals surface area (Å²) in [4.78, 5) is 11.1. The highest BCUT2D eigenvalue weighted by Crippen LogP contribution is 2.22. The molecule has 0 aliphatic carbocycles. The predicted molar refractivity (Wildman–Crippen MR) is 62.1 cm³/mol. The van der Waals surface area contributed by atoms with Gasteiger partial charge in [0.1, 0.15) is 5.78 Å². The molecule has 1 saturated heterocycles. The molecule has 0 amide bonds. The SMILES string of the molecule is CCC(=O)CCCS(=O)(=O)C1CCOC1C. The van der Waals surface area contributed by atoms with Gasteiger partial charge in [-0.2, -0.15) is 0 Å². The van der Waals surface area contributed by atoms with E-state index in [2.05, 4.69) is 0 Å². The molecule has 1 aliphatic heterocycles. The smallest absolute Gasteiger partial charge is 0.155 e. The number of carbonyl (C=O) groups excluding carboxylic acids is 1. The van der Waals surface area contributed by atoms with E-state index in [0.29, 0.717) is 32.3 Å². The Bertz CT molecular complexity index is 334. The summed E-state index contributed by atoms with van der Waals surface area (Å²) in [5.41, 5.74) is 0. The minimum absolute atomic E-state index is 0.108. The Hall–Kier alpha value is -0.420. The van der Waals surface area contributed by atoms with Gasteiger partial charge in [0.2, 0.25) is 0 Å². The molecule has 1 aliphatic rings. The number of Topliss-reactive ketones (excluding diaryl/α,β-unsaturated/α-hetero) is 1. The molecule has 2 atom stereocenters. The summed E-state index contributed by atoms with van der Waals surface area (Å²) >= 11 is 0. The van der Waals surface area contributed by atoms with Gasteiger partial charge in [0.25, 0.3) is 0 Å². The van der Waals surface area contributed by atoms with Crippen LogP contribution in [0.5, 0.6) is 0 Å². The van der Waals surface area contributed by atoms with Gasteiger partial charge in [0, 0.05) is 19.4 Å². The van der Waals surface area contributed by atoms with Gasteiger partial charge in [-0.1, -0.05) is 6.92 Å². The summed E-state index contributed by atoms with van der Waals surface area (Å²) in [5, 5.41) is -0.371. The molecule has 0 radical (unpaired) electrons. The standard InChI is InChI=1S/C11H20O4S/c1-3-10(12)5-4-8-16(13,14)11-6-7-15-9(11)2/h9,11H,3-8H2,1-2H3. The van der Waals surface area contributed by atoms with Crippen molar-refractivity contribution in [1.29, 1.82) is 0 Å². The average Bonchev–Trinajstić information content (AvgIpc) is 2.64. The van der Waals surface area contributed by atoms with Gasteiger partial charge < -0.3 is 4.74 Å². The molecule has 0 spiro atoms. The van der Waals surface area contributed by atoms with Crippen molar-refractivity contribution in [1.82, 2.24) is 0 Å². The predicted octanol–water partition coefficient (Wildman–Crippen LogP) is 1.34. The van der Waals surface area contributed by atoms with E-state index in [1.807, 2.05) is 0 Å². The van der Waals surface area contributed by atoms with E-state index in [0.717, 1.165) is 0 Å². The molecule has 2 unspecified atom stereocenters. The third-order valence-electron chi connectivity index (χ3n) is 3.05. The fourth-order valence-electron chi connectivity index (χ4n) is 1.98. The highest BCUT2D eigenvalue weighted by atomic mass is 32.2. The number of hydrogen-bond donors (Lipinski definition) is 0. The lowest BCUT2D eigenvalue weighted by Crippen LogP contribution is -2.30. The second kappa shape index (κ2) is 5.77. The molecule has 94 valence electrons. The third-order valence-corrected chi connectivity index (χ3v) is 5.45. The van der Waals surface area contributed by atoms with E-state index in [9.17, 15) is 13.2 Å². The average molecular weight is 248 g/mol. The Kier molecular flexibility index (Phi) is 4.92. The second-order valence-electron chi connectivity index (χ2n) is 4.27. The van der Waals surface area contributed by atoms with Crippen LogP contribution in [0.25, 0.3) is 0 Å². The molecule has 1 fully saturated rings. The quantitative estimate of drug-likeness (QED) is 0.711. The van der Waals surface area contributed by atoms with Crippen LogP contribution in [0.3, 0.4) is 0 Å². The summed E-state index contributed by atoms with van der Waals surface area (Å²) in [6, 6.07) is 0. The maximum Gasteiger partial charge on any atom is 0.155 e. The Morgan fingerprint density at radius 1 is 1.44 bits per heavy atom. The Morgan fingerprint density at radius 2 is 2.12 bits per heavy atom. The van der Waals surface area contributed by atoms with Gasteiger partial charge >= 0.3 is 0 Å². The topological polar surface area (TPSA) is 60.4 Å². The molecular formula is C11H20O4S. The lowest BCUT2D eigenvalue weighted by molar-refractivity contribution is -0.118. The van der Waals surface area contributed by atoms with Crippen LogP contribution < -0.4 is 0 Å².